The van der Waals surface area contributed by atoms with E-state index in [2.05, 4.69) is 27.7 Å². The van der Waals surface area contributed by atoms with Crippen LogP contribution in [0.25, 0.3) is 0 Å². The number of carbonyl (C=O) groups is 1. The number of ether oxygens (including phenoxy) is 2. The summed E-state index contributed by atoms with van der Waals surface area (Å²) < 4.78 is 51.5. The second kappa shape index (κ2) is 11.2. The van der Waals surface area contributed by atoms with Gasteiger partial charge in [0.05, 0.1) is 14.2 Å². The maximum absolute atomic E-state index is 13.6. The van der Waals surface area contributed by atoms with Gasteiger partial charge in [-0.05, 0) is 79.8 Å². The van der Waals surface area contributed by atoms with Crippen LogP contribution in [0, 0.1) is 17.5 Å². The summed E-state index contributed by atoms with van der Waals surface area (Å²) in [6.45, 7) is 1.51. The Bertz CT molecular complexity index is 1340. The van der Waals surface area contributed by atoms with Crippen molar-refractivity contribution in [3.05, 3.63) is 89.2 Å². The van der Waals surface area contributed by atoms with Gasteiger partial charge in [0.2, 0.25) is 0 Å². The minimum Gasteiger partial charge on any atom is -0.493 e. The number of nitrogens with zero attached hydrogens (tertiary/aromatic N) is 1. The van der Waals surface area contributed by atoms with E-state index in [4.69, 9.17) is 9.47 Å². The van der Waals surface area contributed by atoms with E-state index in [9.17, 15) is 18.0 Å². The molecular formula is C30H32F3N3O3. The van der Waals surface area contributed by atoms with Gasteiger partial charge in [-0.1, -0.05) is 18.2 Å². The molecule has 1 saturated carbocycles. The average Bonchev–Trinajstić information content (AvgIpc) is 3.30. The average molecular weight is 540 g/mol. The van der Waals surface area contributed by atoms with E-state index in [1.54, 1.807) is 26.4 Å². The number of hydrogen-bond donors (Lipinski definition) is 2. The minimum atomic E-state index is -1.02. The van der Waals surface area contributed by atoms with E-state index in [1.165, 1.54) is 18.2 Å². The number of likely N-dealkylation sites (tertiary alicyclic amines) is 1. The third-order valence-corrected chi connectivity index (χ3v) is 8.14. The highest BCUT2D eigenvalue weighted by molar-refractivity contribution is 5.89. The van der Waals surface area contributed by atoms with Crippen molar-refractivity contribution < 1.29 is 27.4 Å². The Balaban J connectivity index is 1.38. The molecule has 3 unspecified atom stereocenters. The molecule has 1 saturated heterocycles. The van der Waals surface area contributed by atoms with Gasteiger partial charge in [0, 0.05) is 35.8 Å². The van der Waals surface area contributed by atoms with Gasteiger partial charge in [-0.15, -0.1) is 0 Å². The summed E-state index contributed by atoms with van der Waals surface area (Å²) in [5, 5.41) is 5.63. The third kappa shape index (κ3) is 5.54. The molecule has 2 aliphatic rings. The van der Waals surface area contributed by atoms with Gasteiger partial charge < -0.3 is 20.1 Å². The highest BCUT2D eigenvalue weighted by atomic mass is 19.2. The fraction of sp³-hybridized carbons (Fsp3) is 0.367. The Morgan fingerprint density at radius 3 is 2.44 bits per heavy atom. The summed E-state index contributed by atoms with van der Waals surface area (Å²) in [5.41, 5.74) is 2.21. The number of amides is 2. The Hall–Kier alpha value is -3.72. The summed E-state index contributed by atoms with van der Waals surface area (Å²) in [6, 6.07) is 15.4. The SMILES string of the molecule is COc1ccc(C23CCC(NC(=O)Nc4ccc(F)c(F)c4)CC2N(Cc2ccc(F)cc2)CC3)cc1OC. The van der Waals surface area contributed by atoms with E-state index >= 15 is 0 Å². The van der Waals surface area contributed by atoms with Crippen molar-refractivity contribution in [1.82, 2.24) is 10.2 Å². The molecule has 3 aromatic carbocycles. The standard InChI is InChI=1S/C30H32F3N3O3/c1-38-26-10-5-20(15-27(26)39-2)30-12-11-23(35-29(37)34-22-8-9-24(32)25(33)16-22)17-28(30)36(14-13-30)18-19-3-6-21(31)7-4-19/h3-10,15-16,23,28H,11-14,17-18H2,1-2H3,(H2,34,35,37). The molecule has 2 N–H and O–H groups in total. The predicted molar refractivity (Wildman–Crippen MR) is 143 cm³/mol. The number of hydrogen-bond acceptors (Lipinski definition) is 4. The van der Waals surface area contributed by atoms with Gasteiger partial charge in [-0.2, -0.15) is 0 Å². The van der Waals surface area contributed by atoms with Gasteiger partial charge in [0.1, 0.15) is 5.82 Å². The van der Waals surface area contributed by atoms with Crippen LogP contribution in [-0.4, -0.2) is 43.8 Å². The molecular weight excluding hydrogens is 507 g/mol. The quantitative estimate of drug-likeness (QED) is 0.386. The number of carbonyl (C=O) groups excluding carboxylic acids is 1. The fourth-order valence-electron chi connectivity index (χ4n) is 6.20. The number of urea groups is 1. The Morgan fingerprint density at radius 1 is 0.949 bits per heavy atom. The van der Waals surface area contributed by atoms with Crippen molar-refractivity contribution in [2.75, 3.05) is 26.1 Å². The highest BCUT2D eigenvalue weighted by Crippen LogP contribution is 2.50. The minimum absolute atomic E-state index is 0.1000. The molecule has 2 amide bonds. The Labute approximate surface area is 226 Å². The van der Waals surface area contributed by atoms with E-state index in [1.807, 2.05) is 6.07 Å². The largest absolute Gasteiger partial charge is 0.493 e. The van der Waals surface area contributed by atoms with Crippen LogP contribution in [0.2, 0.25) is 0 Å². The number of anilines is 1. The van der Waals surface area contributed by atoms with Crippen molar-refractivity contribution in [2.24, 2.45) is 0 Å². The van der Waals surface area contributed by atoms with Crippen molar-refractivity contribution >= 4 is 11.7 Å². The normalized spacial score (nSPS) is 22.7. The zero-order valence-electron chi connectivity index (χ0n) is 22.0. The number of methoxy groups -OCH3 is 2. The van der Waals surface area contributed by atoms with Crippen molar-refractivity contribution in [1.29, 1.82) is 0 Å². The lowest BCUT2D eigenvalue weighted by molar-refractivity contribution is 0.131. The lowest BCUT2D eigenvalue weighted by atomic mass is 9.65. The molecule has 0 aromatic heterocycles. The topological polar surface area (TPSA) is 62.8 Å². The molecule has 3 atom stereocenters. The van der Waals surface area contributed by atoms with Crippen LogP contribution >= 0.6 is 0 Å². The van der Waals surface area contributed by atoms with Gasteiger partial charge >= 0.3 is 6.03 Å². The molecule has 0 spiro atoms. The van der Waals surface area contributed by atoms with Crippen LogP contribution in [-0.2, 0) is 12.0 Å². The van der Waals surface area contributed by atoms with Crippen LogP contribution in [0.3, 0.4) is 0 Å². The Morgan fingerprint density at radius 2 is 1.72 bits per heavy atom. The lowest BCUT2D eigenvalue weighted by Gasteiger charge is -2.45. The monoisotopic (exact) mass is 539 g/mol. The summed E-state index contributed by atoms with van der Waals surface area (Å²) in [7, 11) is 3.24. The zero-order valence-corrected chi connectivity index (χ0v) is 22.0. The van der Waals surface area contributed by atoms with Crippen LogP contribution in [0.4, 0.5) is 23.7 Å². The molecule has 6 nitrogen and oxygen atoms in total. The van der Waals surface area contributed by atoms with Crippen LogP contribution in [0.15, 0.2) is 60.7 Å². The Kier molecular flexibility index (Phi) is 7.70. The fourth-order valence-corrected chi connectivity index (χ4v) is 6.20. The molecule has 5 rings (SSSR count). The molecule has 2 fully saturated rings. The predicted octanol–water partition coefficient (Wildman–Crippen LogP) is 6.01. The second-order valence-corrected chi connectivity index (χ2v) is 10.3. The van der Waals surface area contributed by atoms with Gasteiger partial charge in [0.25, 0.3) is 0 Å². The van der Waals surface area contributed by atoms with Gasteiger partial charge in [-0.25, -0.2) is 18.0 Å². The van der Waals surface area contributed by atoms with Crippen molar-refractivity contribution in [3.8, 4) is 11.5 Å². The molecule has 3 aromatic rings. The van der Waals surface area contributed by atoms with Crippen LogP contribution < -0.4 is 20.1 Å². The van der Waals surface area contributed by atoms with E-state index in [0.717, 1.165) is 49.1 Å². The number of rotatable bonds is 7. The number of benzene rings is 3. The maximum Gasteiger partial charge on any atom is 0.319 e. The summed E-state index contributed by atoms with van der Waals surface area (Å²) in [6.07, 6.45) is 3.21. The van der Waals surface area contributed by atoms with Crippen LogP contribution in [0.1, 0.15) is 36.8 Å². The first-order valence-electron chi connectivity index (χ1n) is 13.0. The van der Waals surface area contributed by atoms with E-state index in [0.29, 0.717) is 24.5 Å². The molecule has 1 aliphatic carbocycles. The van der Waals surface area contributed by atoms with E-state index < -0.39 is 17.7 Å². The van der Waals surface area contributed by atoms with Gasteiger partial charge in [0.15, 0.2) is 23.1 Å². The molecule has 9 heteroatoms. The summed E-state index contributed by atoms with van der Waals surface area (Å²) in [4.78, 5) is 15.2. The molecule has 206 valence electrons. The first-order valence-corrected chi connectivity index (χ1v) is 13.0. The molecule has 1 heterocycles. The summed E-state index contributed by atoms with van der Waals surface area (Å²) in [5.74, 6) is -0.922. The molecule has 1 aliphatic heterocycles. The molecule has 0 radical (unpaired) electrons. The molecule has 39 heavy (non-hydrogen) atoms. The number of nitrogens with one attached hydrogen (secondary N) is 2. The highest BCUT2D eigenvalue weighted by Gasteiger charge is 2.51. The van der Waals surface area contributed by atoms with Crippen molar-refractivity contribution in [3.63, 3.8) is 0 Å². The maximum atomic E-state index is 13.6. The van der Waals surface area contributed by atoms with Crippen LogP contribution in [0.5, 0.6) is 11.5 Å². The van der Waals surface area contributed by atoms with Gasteiger partial charge in [-0.3, -0.25) is 4.90 Å². The first-order chi connectivity index (χ1) is 18.8. The summed E-state index contributed by atoms with van der Waals surface area (Å²) >= 11 is 0. The smallest absolute Gasteiger partial charge is 0.319 e. The second-order valence-electron chi connectivity index (χ2n) is 10.3. The lowest BCUT2D eigenvalue weighted by Crippen LogP contribution is -2.52. The van der Waals surface area contributed by atoms with E-state index in [-0.39, 0.29) is 29.0 Å². The number of halogens is 3. The zero-order chi connectivity index (χ0) is 27.6. The number of fused-ring (bicyclic) bond motifs is 1. The third-order valence-electron chi connectivity index (χ3n) is 8.14. The molecule has 0 bridgehead atoms. The first kappa shape index (κ1) is 26.9. The van der Waals surface area contributed by atoms with Crippen molar-refractivity contribution in [2.45, 2.75) is 49.7 Å².